The van der Waals surface area contributed by atoms with Crippen molar-refractivity contribution in [3.8, 4) is 0 Å². The van der Waals surface area contributed by atoms with Gasteiger partial charge in [-0.05, 0) is 36.2 Å². The number of fused-ring (bicyclic) bond motifs is 1. The van der Waals surface area contributed by atoms with Crippen LogP contribution in [-0.2, 0) is 17.8 Å². The molecule has 0 fully saturated rings. The zero-order chi connectivity index (χ0) is 18.0. The third-order valence-corrected chi connectivity index (χ3v) is 4.36. The molecule has 1 amide bonds. The van der Waals surface area contributed by atoms with Crippen LogP contribution in [0.25, 0.3) is 10.9 Å². The number of nitrogens with one attached hydrogen (secondary N) is 1. The van der Waals surface area contributed by atoms with E-state index < -0.39 is 11.9 Å². The number of benzene rings is 2. The van der Waals surface area contributed by atoms with E-state index in [1.54, 1.807) is 12.1 Å². The number of nitrogens with zero attached hydrogens (tertiary/aromatic N) is 1. The summed E-state index contributed by atoms with van der Waals surface area (Å²) < 4.78 is 2.08. The summed E-state index contributed by atoms with van der Waals surface area (Å²) in [5, 5.41) is 10.0. The fourth-order valence-corrected chi connectivity index (χ4v) is 3.12. The maximum atomic E-state index is 11.8. The van der Waals surface area contributed by atoms with Crippen LogP contribution in [0.4, 0.5) is 0 Å². The molecule has 3 aromatic rings. The number of aromatic nitrogens is 1. The second kappa shape index (κ2) is 6.78. The van der Waals surface area contributed by atoms with Crippen molar-refractivity contribution in [2.75, 3.05) is 0 Å². The molecular formula is C19H19N3O3. The van der Waals surface area contributed by atoms with E-state index >= 15 is 0 Å². The predicted octanol–water partition coefficient (Wildman–Crippen LogP) is 2.23. The molecule has 0 atom stereocenters. The number of carbonyl (C=O) groups excluding carboxylic acids is 1. The largest absolute Gasteiger partial charge is 0.481 e. The summed E-state index contributed by atoms with van der Waals surface area (Å²) in [6, 6.07) is 15.2. The quantitative estimate of drug-likeness (QED) is 0.378. The Kier molecular flexibility index (Phi) is 4.54. The lowest BCUT2D eigenvalue weighted by Crippen LogP contribution is -2.29. The summed E-state index contributed by atoms with van der Waals surface area (Å²) in [4.78, 5) is 23.1. The number of hydrogen-bond acceptors (Lipinski definition) is 3. The van der Waals surface area contributed by atoms with E-state index in [-0.39, 0.29) is 6.42 Å². The van der Waals surface area contributed by atoms with Crippen molar-refractivity contribution < 1.29 is 14.7 Å². The van der Waals surface area contributed by atoms with Gasteiger partial charge in [-0.1, -0.05) is 30.3 Å². The Morgan fingerprint density at radius 1 is 1.16 bits per heavy atom. The molecule has 0 radical (unpaired) electrons. The highest BCUT2D eigenvalue weighted by atomic mass is 16.4. The van der Waals surface area contributed by atoms with Gasteiger partial charge in [0, 0.05) is 28.7 Å². The summed E-state index contributed by atoms with van der Waals surface area (Å²) in [5.74, 6) is 3.89. The van der Waals surface area contributed by atoms with Gasteiger partial charge < -0.3 is 9.67 Å². The van der Waals surface area contributed by atoms with E-state index in [1.165, 1.54) is 0 Å². The minimum absolute atomic E-state index is 0.0994. The second-order valence-electron chi connectivity index (χ2n) is 5.91. The SMILES string of the molecule is Cc1c(CC(=O)O)c2cc(C(=O)NN)ccc2n1Cc1ccccc1. The van der Waals surface area contributed by atoms with Gasteiger partial charge in [0.25, 0.3) is 5.91 Å². The molecule has 1 heterocycles. The number of carboxylic acids is 1. The van der Waals surface area contributed by atoms with Crippen LogP contribution in [0.2, 0.25) is 0 Å². The van der Waals surface area contributed by atoms with Crippen molar-refractivity contribution in [3.63, 3.8) is 0 Å². The Morgan fingerprint density at radius 3 is 2.52 bits per heavy atom. The number of hydrazine groups is 1. The topological polar surface area (TPSA) is 97.3 Å². The lowest BCUT2D eigenvalue weighted by Gasteiger charge is -2.09. The monoisotopic (exact) mass is 337 g/mol. The minimum atomic E-state index is -0.907. The number of nitrogens with two attached hydrogens (primary N) is 1. The van der Waals surface area contributed by atoms with E-state index in [0.717, 1.165) is 22.2 Å². The highest BCUT2D eigenvalue weighted by Crippen LogP contribution is 2.28. The van der Waals surface area contributed by atoms with Crippen LogP contribution in [-0.4, -0.2) is 21.6 Å². The maximum Gasteiger partial charge on any atom is 0.307 e. The predicted molar refractivity (Wildman–Crippen MR) is 95.2 cm³/mol. The Hall–Kier alpha value is -3.12. The van der Waals surface area contributed by atoms with Crippen LogP contribution < -0.4 is 11.3 Å². The molecule has 3 rings (SSSR count). The molecule has 0 bridgehead atoms. The highest BCUT2D eigenvalue weighted by molar-refractivity contribution is 5.99. The molecule has 0 aliphatic rings. The first-order valence-electron chi connectivity index (χ1n) is 7.89. The van der Waals surface area contributed by atoms with Crippen molar-refractivity contribution >= 4 is 22.8 Å². The van der Waals surface area contributed by atoms with Crippen LogP contribution in [0.5, 0.6) is 0 Å². The molecule has 0 saturated heterocycles. The van der Waals surface area contributed by atoms with Gasteiger partial charge in [0.1, 0.15) is 0 Å². The Bertz CT molecular complexity index is 945. The zero-order valence-corrected chi connectivity index (χ0v) is 13.8. The fourth-order valence-electron chi connectivity index (χ4n) is 3.12. The van der Waals surface area contributed by atoms with Gasteiger partial charge in [0.15, 0.2) is 0 Å². The number of carbonyl (C=O) groups is 2. The maximum absolute atomic E-state index is 11.8. The summed E-state index contributed by atoms with van der Waals surface area (Å²) in [6.45, 7) is 2.54. The van der Waals surface area contributed by atoms with Crippen LogP contribution in [0.15, 0.2) is 48.5 Å². The molecule has 2 aromatic carbocycles. The molecule has 1 aromatic heterocycles. The normalized spacial score (nSPS) is 10.8. The molecule has 0 aliphatic carbocycles. The Balaban J connectivity index is 2.17. The number of amides is 1. The molecule has 6 nitrogen and oxygen atoms in total. The number of aliphatic carboxylic acids is 1. The number of nitrogen functional groups attached to an aromatic ring is 1. The van der Waals surface area contributed by atoms with E-state index in [4.69, 9.17) is 5.84 Å². The lowest BCUT2D eigenvalue weighted by molar-refractivity contribution is -0.136. The van der Waals surface area contributed by atoms with Crippen molar-refractivity contribution in [2.24, 2.45) is 5.84 Å². The van der Waals surface area contributed by atoms with Gasteiger partial charge in [0.2, 0.25) is 0 Å². The Labute approximate surface area is 144 Å². The first-order valence-corrected chi connectivity index (χ1v) is 7.89. The van der Waals surface area contributed by atoms with E-state index in [1.807, 2.05) is 43.3 Å². The average molecular weight is 337 g/mol. The standard InChI is InChI=1S/C19H19N3O3/c1-12-15(10-18(23)24)16-9-14(19(25)21-20)7-8-17(16)22(12)11-13-5-3-2-4-6-13/h2-9H,10-11,20H2,1H3,(H,21,25)(H,23,24). The number of carboxylic acid groups (broad SMARTS) is 1. The van der Waals surface area contributed by atoms with Gasteiger partial charge in [-0.3, -0.25) is 15.0 Å². The van der Waals surface area contributed by atoms with Gasteiger partial charge >= 0.3 is 5.97 Å². The summed E-state index contributed by atoms with van der Waals surface area (Å²) in [7, 11) is 0. The van der Waals surface area contributed by atoms with Crippen molar-refractivity contribution in [2.45, 2.75) is 19.9 Å². The van der Waals surface area contributed by atoms with Gasteiger partial charge in [-0.15, -0.1) is 0 Å². The average Bonchev–Trinajstić information content (AvgIpc) is 2.86. The highest BCUT2D eigenvalue weighted by Gasteiger charge is 2.18. The van der Waals surface area contributed by atoms with Gasteiger partial charge in [0.05, 0.1) is 6.42 Å². The first-order chi connectivity index (χ1) is 12.0. The summed E-state index contributed by atoms with van der Waals surface area (Å²) in [5.41, 5.74) is 6.11. The lowest BCUT2D eigenvalue weighted by atomic mass is 10.1. The molecular weight excluding hydrogens is 318 g/mol. The molecule has 4 N–H and O–H groups in total. The number of hydrogen-bond donors (Lipinski definition) is 3. The molecule has 0 unspecified atom stereocenters. The molecule has 25 heavy (non-hydrogen) atoms. The minimum Gasteiger partial charge on any atom is -0.481 e. The van der Waals surface area contributed by atoms with Crippen molar-refractivity contribution in [1.82, 2.24) is 9.99 Å². The smallest absolute Gasteiger partial charge is 0.307 e. The first kappa shape index (κ1) is 16.7. The Morgan fingerprint density at radius 2 is 1.88 bits per heavy atom. The van der Waals surface area contributed by atoms with Gasteiger partial charge in [-0.2, -0.15) is 0 Å². The van der Waals surface area contributed by atoms with Crippen LogP contribution in [0.1, 0.15) is 27.2 Å². The third-order valence-electron chi connectivity index (χ3n) is 4.36. The van der Waals surface area contributed by atoms with E-state index in [0.29, 0.717) is 17.7 Å². The molecule has 0 aliphatic heterocycles. The fraction of sp³-hybridized carbons (Fsp3) is 0.158. The molecule has 128 valence electrons. The van der Waals surface area contributed by atoms with Crippen LogP contribution in [0.3, 0.4) is 0 Å². The van der Waals surface area contributed by atoms with E-state index in [9.17, 15) is 14.7 Å². The molecule has 6 heteroatoms. The van der Waals surface area contributed by atoms with Gasteiger partial charge in [-0.25, -0.2) is 5.84 Å². The van der Waals surface area contributed by atoms with E-state index in [2.05, 4.69) is 9.99 Å². The zero-order valence-electron chi connectivity index (χ0n) is 13.8. The molecule has 0 saturated carbocycles. The third kappa shape index (κ3) is 3.25. The van der Waals surface area contributed by atoms with Crippen LogP contribution in [0, 0.1) is 6.92 Å². The second-order valence-corrected chi connectivity index (χ2v) is 5.91. The number of rotatable bonds is 5. The van der Waals surface area contributed by atoms with Crippen LogP contribution >= 0.6 is 0 Å². The van der Waals surface area contributed by atoms with Crippen molar-refractivity contribution in [1.29, 1.82) is 0 Å². The molecule has 0 spiro atoms. The van der Waals surface area contributed by atoms with Crippen molar-refractivity contribution in [3.05, 3.63) is 70.9 Å². The summed E-state index contributed by atoms with van der Waals surface area (Å²) >= 11 is 0. The summed E-state index contributed by atoms with van der Waals surface area (Å²) in [6.07, 6.45) is -0.0994.